The van der Waals surface area contributed by atoms with Gasteiger partial charge in [0.1, 0.15) is 0 Å². The van der Waals surface area contributed by atoms with Crippen LogP contribution in [0.15, 0.2) is 0 Å². The summed E-state index contributed by atoms with van der Waals surface area (Å²) in [5.74, 6) is 0. The lowest BCUT2D eigenvalue weighted by Gasteiger charge is -0.344. The molecule has 0 saturated carbocycles. The highest BCUT2D eigenvalue weighted by Gasteiger charge is -0.0764. The van der Waals surface area contributed by atoms with Crippen LogP contribution in [0.4, 0.5) is 0 Å². The third-order valence-corrected chi connectivity index (χ3v) is 0. The largest absolute Gasteiger partial charge is 0.344 e. The molecule has 0 saturated heterocycles. The van der Waals surface area contributed by atoms with Crippen LogP contribution >= 0.6 is 49.6 Å². The van der Waals surface area contributed by atoms with E-state index in [-0.39, 0.29) is 70.6 Å². The number of rotatable bonds is 0. The summed E-state index contributed by atoms with van der Waals surface area (Å²) in [7, 11) is 0. The number of hydrogen-bond donors (Lipinski definition) is 1. The highest BCUT2D eigenvalue weighted by atomic mass is 35.5. The van der Waals surface area contributed by atoms with Gasteiger partial charge in [0.05, 0.1) is 0 Å². The standard InChI is InChI=1S/2CH4.4ClH.H3N/h2*1H4;4*1H;1H3. The minimum Gasteiger partial charge on any atom is -0.344 e. The van der Waals surface area contributed by atoms with Crippen LogP contribution in [-0.4, -0.2) is 0 Å². The third kappa shape index (κ3) is 149. The zero-order valence-electron chi connectivity index (χ0n) is 2.34. The van der Waals surface area contributed by atoms with E-state index in [9.17, 15) is 0 Å². The molecule has 0 spiro atoms. The lowest BCUT2D eigenvalue weighted by molar-refractivity contribution is 2.13. The van der Waals surface area contributed by atoms with Gasteiger partial charge in [-0.15, -0.1) is 49.6 Å². The first-order valence-corrected chi connectivity index (χ1v) is 0. The molecule has 0 heterocycles. The van der Waals surface area contributed by atoms with E-state index in [0.717, 1.165) is 0 Å². The summed E-state index contributed by atoms with van der Waals surface area (Å²) >= 11 is 0. The summed E-state index contributed by atoms with van der Waals surface area (Å²) in [4.78, 5) is 0. The van der Waals surface area contributed by atoms with Crippen LogP contribution in [0.25, 0.3) is 0 Å². The van der Waals surface area contributed by atoms with Crippen molar-refractivity contribution in [2.75, 3.05) is 0 Å². The van der Waals surface area contributed by atoms with E-state index in [1.807, 2.05) is 0 Å². The van der Waals surface area contributed by atoms with Gasteiger partial charge in [-0.1, -0.05) is 14.9 Å². The smallest absolute Gasteiger partial charge is 0.0776 e. The average Bonchev–Trinajstić information content (AvgIpc) is 0. The van der Waals surface area contributed by atoms with E-state index in [4.69, 9.17) is 0 Å². The fraction of sp³-hybridized carbons (Fsp3) is 1.00. The molecule has 7 heavy (non-hydrogen) atoms. The molecule has 0 fully saturated rings. The maximum atomic E-state index is 0. The molecular weight excluding hydrogens is 180 g/mol. The summed E-state index contributed by atoms with van der Waals surface area (Å²) in [6, 6.07) is 0. The van der Waals surface area contributed by atoms with Crippen molar-refractivity contribution >= 4 is 49.6 Å². The molecule has 1 nitrogen and oxygen atoms in total. The van der Waals surface area contributed by atoms with Crippen LogP contribution < -0.4 is 6.15 Å². The fourth-order valence-corrected chi connectivity index (χ4v) is 0. The van der Waals surface area contributed by atoms with E-state index < -0.39 is 0 Å². The van der Waals surface area contributed by atoms with E-state index in [1.54, 1.807) is 0 Å². The summed E-state index contributed by atoms with van der Waals surface area (Å²) in [6.07, 6.45) is 0. The molecule has 0 aromatic heterocycles. The predicted molar refractivity (Wildman–Crippen MR) is 47.5 cm³/mol. The molecule has 0 bridgehead atoms. The molecule has 0 aromatic carbocycles. The normalized spacial score (nSPS) is 0. The van der Waals surface area contributed by atoms with E-state index >= 15 is 0 Å². The van der Waals surface area contributed by atoms with Gasteiger partial charge in [-0.25, -0.2) is 0 Å². The topological polar surface area (TPSA) is 35.0 Å². The lowest BCUT2D eigenvalue weighted by atomic mass is 12.0. The Morgan fingerprint density at radius 1 is 0.429 bits per heavy atom. The Morgan fingerprint density at radius 2 is 0.429 bits per heavy atom. The van der Waals surface area contributed by atoms with Gasteiger partial charge in [0.2, 0.25) is 0 Å². The van der Waals surface area contributed by atoms with Crippen molar-refractivity contribution in [3.63, 3.8) is 0 Å². The van der Waals surface area contributed by atoms with Crippen molar-refractivity contribution in [2.24, 2.45) is 0 Å². The third-order valence-electron chi connectivity index (χ3n) is 0. The summed E-state index contributed by atoms with van der Waals surface area (Å²) < 4.78 is 0. The minimum atomic E-state index is 0. The van der Waals surface area contributed by atoms with Gasteiger partial charge in [0, 0.05) is 0 Å². The van der Waals surface area contributed by atoms with Crippen LogP contribution in [0.5, 0.6) is 0 Å². The van der Waals surface area contributed by atoms with E-state index in [2.05, 4.69) is 0 Å². The molecule has 5 heteroatoms. The van der Waals surface area contributed by atoms with Gasteiger partial charge in [0.25, 0.3) is 0 Å². The summed E-state index contributed by atoms with van der Waals surface area (Å²) in [5.41, 5.74) is 0. The molecule has 0 aromatic rings. The number of hydrogen-bond acceptors (Lipinski definition) is 1. The van der Waals surface area contributed by atoms with Gasteiger partial charge in [-0.3, -0.25) is 0 Å². The van der Waals surface area contributed by atoms with Gasteiger partial charge in [-0.05, 0) is 0 Å². The van der Waals surface area contributed by atoms with Crippen LogP contribution in [-0.2, 0) is 0 Å². The number of halogens is 4. The quantitative estimate of drug-likeness (QED) is 0.632. The van der Waals surface area contributed by atoms with Gasteiger partial charge in [-0.2, -0.15) is 0 Å². The zero-order valence-corrected chi connectivity index (χ0v) is 5.61. The maximum absolute atomic E-state index is 0. The van der Waals surface area contributed by atoms with E-state index in [0.29, 0.717) is 0 Å². The molecular formula is C2H15Cl4N. The molecule has 56 valence electrons. The zero-order chi connectivity index (χ0) is 0. The van der Waals surface area contributed by atoms with Gasteiger partial charge >= 0.3 is 0 Å². The minimum absolute atomic E-state index is 0. The van der Waals surface area contributed by atoms with Crippen molar-refractivity contribution in [1.29, 1.82) is 0 Å². The van der Waals surface area contributed by atoms with Crippen molar-refractivity contribution < 1.29 is 0 Å². The second kappa shape index (κ2) is 213. The summed E-state index contributed by atoms with van der Waals surface area (Å²) in [5, 5.41) is 0. The van der Waals surface area contributed by atoms with Crippen LogP contribution in [0.3, 0.4) is 0 Å². The van der Waals surface area contributed by atoms with Gasteiger partial charge < -0.3 is 6.15 Å². The van der Waals surface area contributed by atoms with Crippen molar-refractivity contribution in [3.05, 3.63) is 0 Å². The SMILES string of the molecule is C.C.Cl.Cl.Cl.Cl.N. The Kier molecular flexibility index (Phi) is 9970. The Hall–Kier alpha value is 1.12. The Bertz CT molecular complexity index is 9.65. The highest BCUT2D eigenvalue weighted by molar-refractivity contribution is 5.86. The monoisotopic (exact) mass is 193 g/mol. The van der Waals surface area contributed by atoms with Crippen LogP contribution in [0.2, 0.25) is 0 Å². The molecule has 3 N–H and O–H groups in total. The van der Waals surface area contributed by atoms with E-state index in [1.165, 1.54) is 0 Å². The first kappa shape index (κ1) is 328. The molecule has 0 rings (SSSR count). The Labute approximate surface area is 70.9 Å². The summed E-state index contributed by atoms with van der Waals surface area (Å²) in [6.45, 7) is 0. The first-order chi connectivity index (χ1) is 0. The fourth-order valence-electron chi connectivity index (χ4n) is 0. The van der Waals surface area contributed by atoms with Crippen LogP contribution in [0, 0.1) is 0 Å². The molecule has 0 radical (unpaired) electrons. The molecule has 0 aliphatic rings. The Balaban J connectivity index is 0. The predicted octanol–water partition coefficient (Wildman–Crippen LogP) is 3.12. The van der Waals surface area contributed by atoms with Crippen molar-refractivity contribution in [2.45, 2.75) is 14.9 Å². The Morgan fingerprint density at radius 3 is 0.429 bits per heavy atom. The van der Waals surface area contributed by atoms with Crippen LogP contribution in [0.1, 0.15) is 14.9 Å². The first-order valence-electron chi connectivity index (χ1n) is 0. The second-order valence-corrected chi connectivity index (χ2v) is 0. The average molecular weight is 195 g/mol. The highest BCUT2D eigenvalue weighted by Crippen LogP contribution is 0.693. The molecule has 0 atom stereocenters. The molecule has 0 aliphatic carbocycles. The maximum Gasteiger partial charge on any atom is -0.0776 e. The molecule has 0 unspecified atom stereocenters. The van der Waals surface area contributed by atoms with Crippen molar-refractivity contribution in [1.82, 2.24) is 6.15 Å². The lowest BCUT2D eigenvalue weighted by Crippen LogP contribution is -0.481. The second-order valence-electron chi connectivity index (χ2n) is 0. The molecule has 0 amide bonds. The molecule has 0 aliphatic heterocycles. The van der Waals surface area contributed by atoms with Crippen molar-refractivity contribution in [3.8, 4) is 0 Å². The van der Waals surface area contributed by atoms with Gasteiger partial charge in [0.15, 0.2) is 0 Å².